The zero-order chi connectivity index (χ0) is 15.6. The zero-order valence-corrected chi connectivity index (χ0v) is 11.7. The Balaban J connectivity index is 2.21. The zero-order valence-electron chi connectivity index (χ0n) is 11.7. The van der Waals surface area contributed by atoms with Crippen molar-refractivity contribution in [2.45, 2.75) is 38.4 Å². The molecule has 0 amide bonds. The maximum absolute atomic E-state index is 12.6. The largest absolute Gasteiger partial charge is 0.480 e. The lowest BCUT2D eigenvalue weighted by Gasteiger charge is -2.38. The normalized spacial score (nSPS) is 23.1. The van der Waals surface area contributed by atoms with Gasteiger partial charge in [0.05, 0.1) is 5.56 Å². The minimum Gasteiger partial charge on any atom is -0.480 e. The van der Waals surface area contributed by atoms with Gasteiger partial charge in [0.25, 0.3) is 0 Å². The number of aliphatic carboxylic acids is 1. The third-order valence-corrected chi connectivity index (χ3v) is 4.10. The lowest BCUT2D eigenvalue weighted by Crippen LogP contribution is -2.47. The molecule has 1 heterocycles. The number of nitrogens with zero attached hydrogens (tertiary/aromatic N) is 1. The van der Waals surface area contributed by atoms with Crippen molar-refractivity contribution in [2.24, 2.45) is 5.92 Å². The van der Waals surface area contributed by atoms with Crippen LogP contribution < -0.4 is 4.90 Å². The second-order valence-corrected chi connectivity index (χ2v) is 5.39. The Labute approximate surface area is 121 Å². The Morgan fingerprint density at radius 1 is 1.33 bits per heavy atom. The Morgan fingerprint density at radius 2 is 1.95 bits per heavy atom. The van der Waals surface area contributed by atoms with Crippen LogP contribution in [0.15, 0.2) is 24.3 Å². The number of rotatable bonds is 3. The number of carboxylic acids is 1. The Bertz CT molecular complexity index is 499. The highest BCUT2D eigenvalue weighted by molar-refractivity contribution is 5.78. The van der Waals surface area contributed by atoms with E-state index in [1.807, 2.05) is 6.92 Å². The number of piperidine rings is 1. The van der Waals surface area contributed by atoms with Gasteiger partial charge in [0.1, 0.15) is 6.04 Å². The predicted octanol–water partition coefficient (Wildman–Crippen LogP) is 3.79. The van der Waals surface area contributed by atoms with E-state index in [2.05, 4.69) is 0 Å². The molecular formula is C15H18F3NO2. The number of benzene rings is 1. The molecule has 0 spiro atoms. The first-order valence-electron chi connectivity index (χ1n) is 6.99. The van der Waals surface area contributed by atoms with Gasteiger partial charge in [-0.1, -0.05) is 13.3 Å². The number of carboxylic acid groups (broad SMARTS) is 1. The van der Waals surface area contributed by atoms with E-state index in [1.54, 1.807) is 4.90 Å². The number of hydrogen-bond donors (Lipinski definition) is 1. The van der Waals surface area contributed by atoms with Gasteiger partial charge < -0.3 is 10.0 Å². The summed E-state index contributed by atoms with van der Waals surface area (Å²) in [5.74, 6) is -0.565. The number of halogens is 3. The van der Waals surface area contributed by atoms with Crippen molar-refractivity contribution in [1.29, 1.82) is 0 Å². The molecule has 0 saturated carbocycles. The van der Waals surface area contributed by atoms with Crippen molar-refractivity contribution in [1.82, 2.24) is 0 Å². The molecule has 1 aliphatic heterocycles. The minimum absolute atomic E-state index is 0.358. The lowest BCUT2D eigenvalue weighted by molar-refractivity contribution is -0.140. The van der Waals surface area contributed by atoms with E-state index in [4.69, 9.17) is 0 Å². The van der Waals surface area contributed by atoms with E-state index in [1.165, 1.54) is 12.1 Å². The molecule has 1 aliphatic rings. The monoisotopic (exact) mass is 301 g/mol. The first-order chi connectivity index (χ1) is 9.82. The average Bonchev–Trinajstić information content (AvgIpc) is 2.45. The van der Waals surface area contributed by atoms with Crippen LogP contribution in [0.1, 0.15) is 31.7 Å². The van der Waals surface area contributed by atoms with Gasteiger partial charge in [-0.05, 0) is 43.0 Å². The molecule has 116 valence electrons. The van der Waals surface area contributed by atoms with Crippen LogP contribution in [-0.2, 0) is 11.0 Å². The fourth-order valence-corrected chi connectivity index (χ4v) is 2.79. The van der Waals surface area contributed by atoms with Gasteiger partial charge in [0, 0.05) is 12.2 Å². The summed E-state index contributed by atoms with van der Waals surface area (Å²) in [4.78, 5) is 13.1. The van der Waals surface area contributed by atoms with Crippen LogP contribution in [0.4, 0.5) is 18.9 Å². The maximum atomic E-state index is 12.6. The molecule has 21 heavy (non-hydrogen) atoms. The Morgan fingerprint density at radius 3 is 2.43 bits per heavy atom. The molecule has 2 atom stereocenters. The van der Waals surface area contributed by atoms with Crippen molar-refractivity contribution in [3.05, 3.63) is 29.8 Å². The maximum Gasteiger partial charge on any atom is 0.416 e. The molecule has 0 bridgehead atoms. The highest BCUT2D eigenvalue weighted by atomic mass is 19.4. The summed E-state index contributed by atoms with van der Waals surface area (Å²) < 4.78 is 37.7. The fraction of sp³-hybridized carbons (Fsp3) is 0.533. The van der Waals surface area contributed by atoms with Crippen LogP contribution in [0.3, 0.4) is 0 Å². The number of anilines is 1. The molecule has 1 fully saturated rings. The summed E-state index contributed by atoms with van der Waals surface area (Å²) >= 11 is 0. The first kappa shape index (κ1) is 15.7. The molecule has 6 heteroatoms. The third-order valence-electron chi connectivity index (χ3n) is 4.10. The summed E-state index contributed by atoms with van der Waals surface area (Å²) in [6, 6.07) is 4.04. The fourth-order valence-electron chi connectivity index (χ4n) is 2.79. The van der Waals surface area contributed by atoms with Gasteiger partial charge >= 0.3 is 12.1 Å². The Hall–Kier alpha value is -1.72. The van der Waals surface area contributed by atoms with Crippen molar-refractivity contribution >= 4 is 11.7 Å². The first-order valence-corrected chi connectivity index (χ1v) is 6.99. The summed E-state index contributed by atoms with van der Waals surface area (Å²) in [7, 11) is 0. The van der Waals surface area contributed by atoms with Crippen LogP contribution >= 0.6 is 0 Å². The summed E-state index contributed by atoms with van der Waals surface area (Å²) in [6.45, 7) is 2.58. The number of hydrogen-bond acceptors (Lipinski definition) is 2. The van der Waals surface area contributed by atoms with Crippen LogP contribution in [0.5, 0.6) is 0 Å². The van der Waals surface area contributed by atoms with Gasteiger partial charge in [0.2, 0.25) is 0 Å². The van der Waals surface area contributed by atoms with Crippen molar-refractivity contribution in [3.8, 4) is 0 Å². The van der Waals surface area contributed by atoms with Crippen LogP contribution in [0.25, 0.3) is 0 Å². The summed E-state index contributed by atoms with van der Waals surface area (Å²) in [5.41, 5.74) is -0.188. The van der Waals surface area contributed by atoms with Gasteiger partial charge in [0.15, 0.2) is 0 Å². The third kappa shape index (κ3) is 3.49. The molecule has 1 aromatic carbocycles. The van der Waals surface area contributed by atoms with Gasteiger partial charge in [-0.2, -0.15) is 13.2 Å². The second-order valence-electron chi connectivity index (χ2n) is 5.39. The van der Waals surface area contributed by atoms with Crippen LogP contribution in [0.2, 0.25) is 0 Å². The second kappa shape index (κ2) is 5.95. The molecular weight excluding hydrogens is 283 g/mol. The van der Waals surface area contributed by atoms with Crippen molar-refractivity contribution < 1.29 is 23.1 Å². The number of carbonyl (C=O) groups is 1. The molecule has 1 N–H and O–H groups in total. The molecule has 2 rings (SSSR count). The lowest BCUT2D eigenvalue weighted by atomic mass is 9.88. The average molecular weight is 301 g/mol. The van der Waals surface area contributed by atoms with E-state index in [0.29, 0.717) is 24.6 Å². The molecule has 2 unspecified atom stereocenters. The summed E-state index contributed by atoms with van der Waals surface area (Å²) in [6.07, 6.45) is -2.06. The van der Waals surface area contributed by atoms with Crippen LogP contribution in [0, 0.1) is 5.92 Å². The van der Waals surface area contributed by atoms with Gasteiger partial charge in [-0.3, -0.25) is 0 Å². The van der Waals surface area contributed by atoms with E-state index in [-0.39, 0.29) is 0 Å². The highest BCUT2D eigenvalue weighted by Gasteiger charge is 2.34. The van der Waals surface area contributed by atoms with Crippen LogP contribution in [-0.4, -0.2) is 23.7 Å². The van der Waals surface area contributed by atoms with E-state index < -0.39 is 23.8 Å². The molecule has 3 nitrogen and oxygen atoms in total. The SMILES string of the molecule is CCC1CCN(c2ccc(C(F)(F)F)cc2)C(C(=O)O)C1. The number of alkyl halides is 3. The van der Waals surface area contributed by atoms with Crippen molar-refractivity contribution in [2.75, 3.05) is 11.4 Å². The smallest absolute Gasteiger partial charge is 0.416 e. The molecule has 0 aliphatic carbocycles. The van der Waals surface area contributed by atoms with Crippen molar-refractivity contribution in [3.63, 3.8) is 0 Å². The van der Waals surface area contributed by atoms with E-state index in [0.717, 1.165) is 25.0 Å². The standard InChI is InChI=1S/C15H18F3NO2/c1-2-10-7-8-19(13(9-10)14(20)21)12-5-3-11(4-6-12)15(16,17)18/h3-6,10,13H,2,7-9H2,1H3,(H,20,21). The van der Waals surface area contributed by atoms with Gasteiger partial charge in [-0.25, -0.2) is 4.79 Å². The quantitative estimate of drug-likeness (QED) is 0.923. The molecule has 0 aromatic heterocycles. The van der Waals surface area contributed by atoms with E-state index in [9.17, 15) is 23.1 Å². The predicted molar refractivity (Wildman–Crippen MR) is 73.2 cm³/mol. The molecule has 0 radical (unpaired) electrons. The summed E-state index contributed by atoms with van der Waals surface area (Å²) in [5, 5.41) is 9.35. The van der Waals surface area contributed by atoms with Gasteiger partial charge in [-0.15, -0.1) is 0 Å². The highest BCUT2D eigenvalue weighted by Crippen LogP contribution is 2.33. The van der Waals surface area contributed by atoms with E-state index >= 15 is 0 Å². The minimum atomic E-state index is -4.38. The Kier molecular flexibility index (Phi) is 4.44. The molecule has 1 saturated heterocycles. The topological polar surface area (TPSA) is 40.5 Å². The molecule has 1 aromatic rings.